The van der Waals surface area contributed by atoms with Gasteiger partial charge in [0.2, 0.25) is 0 Å². The van der Waals surface area contributed by atoms with Crippen molar-refractivity contribution in [1.29, 1.82) is 0 Å². The zero-order valence-corrected chi connectivity index (χ0v) is 8.90. The van der Waals surface area contributed by atoms with Gasteiger partial charge in [0.15, 0.2) is 0 Å². The summed E-state index contributed by atoms with van der Waals surface area (Å²) in [6.07, 6.45) is -4.29. The highest BCUT2D eigenvalue weighted by Crippen LogP contribution is 2.35. The molecule has 0 amide bonds. The van der Waals surface area contributed by atoms with Crippen molar-refractivity contribution in [3.05, 3.63) is 23.2 Å². The van der Waals surface area contributed by atoms with Gasteiger partial charge in [-0.25, -0.2) is 0 Å². The highest BCUT2D eigenvalue weighted by Gasteiger charge is 2.41. The van der Waals surface area contributed by atoms with Gasteiger partial charge in [0.05, 0.1) is 0 Å². The van der Waals surface area contributed by atoms with Gasteiger partial charge in [-0.3, -0.25) is 0 Å². The van der Waals surface area contributed by atoms with Crippen LogP contribution in [0.1, 0.15) is 30.0 Å². The van der Waals surface area contributed by atoms with Crippen LogP contribution in [0, 0.1) is 13.8 Å². The molecular formula is C10H14F3NO. The van der Waals surface area contributed by atoms with Crippen LogP contribution in [0.5, 0.6) is 0 Å². The summed E-state index contributed by atoms with van der Waals surface area (Å²) in [6, 6.07) is -0.212. The molecule has 1 aromatic heterocycles. The van der Waals surface area contributed by atoms with E-state index in [-0.39, 0.29) is 12.1 Å². The Balaban J connectivity index is 3.04. The smallest absolute Gasteiger partial charge is 0.408 e. The molecule has 0 saturated heterocycles. The maximum atomic E-state index is 12.7. The van der Waals surface area contributed by atoms with Crippen LogP contribution in [0.2, 0.25) is 0 Å². The highest BCUT2D eigenvalue weighted by atomic mass is 19.4. The fourth-order valence-corrected chi connectivity index (χ4v) is 1.54. The third kappa shape index (κ3) is 2.75. The number of halogens is 3. The molecule has 1 N–H and O–H groups in total. The van der Waals surface area contributed by atoms with Gasteiger partial charge in [-0.2, -0.15) is 13.2 Å². The van der Waals surface area contributed by atoms with Gasteiger partial charge < -0.3 is 9.73 Å². The summed E-state index contributed by atoms with van der Waals surface area (Å²) in [6.45, 7) is 5.07. The van der Waals surface area contributed by atoms with Crippen LogP contribution in [0.4, 0.5) is 13.2 Å². The predicted molar refractivity (Wildman–Crippen MR) is 50.7 cm³/mol. The fourth-order valence-electron chi connectivity index (χ4n) is 1.54. The Morgan fingerprint density at radius 2 is 2.00 bits per heavy atom. The molecule has 0 radical (unpaired) electrons. The Labute approximate surface area is 86.5 Å². The van der Waals surface area contributed by atoms with E-state index in [1.54, 1.807) is 20.8 Å². The third-order valence-corrected chi connectivity index (χ3v) is 2.13. The zero-order chi connectivity index (χ0) is 11.6. The summed E-state index contributed by atoms with van der Waals surface area (Å²) in [7, 11) is 0. The van der Waals surface area contributed by atoms with Gasteiger partial charge in [-0.05, 0) is 26.5 Å². The van der Waals surface area contributed by atoms with Crippen LogP contribution < -0.4 is 5.32 Å². The van der Waals surface area contributed by atoms with Gasteiger partial charge >= 0.3 is 6.18 Å². The average molecular weight is 221 g/mol. The zero-order valence-electron chi connectivity index (χ0n) is 8.90. The van der Waals surface area contributed by atoms with E-state index in [0.717, 1.165) is 0 Å². The summed E-state index contributed by atoms with van der Waals surface area (Å²) in [5.74, 6) is 0.811. The van der Waals surface area contributed by atoms with Gasteiger partial charge in [-0.1, -0.05) is 6.92 Å². The van der Waals surface area contributed by atoms with Crippen LogP contribution in [0.3, 0.4) is 0 Å². The summed E-state index contributed by atoms with van der Waals surface area (Å²) in [5.41, 5.74) is 0.168. The van der Waals surface area contributed by atoms with E-state index in [2.05, 4.69) is 5.32 Å². The van der Waals surface area contributed by atoms with Crippen LogP contribution in [-0.4, -0.2) is 12.7 Å². The Morgan fingerprint density at radius 3 is 2.33 bits per heavy atom. The SMILES string of the molecule is CCNC(c1cc(C)oc1C)C(F)(F)F. The van der Waals surface area contributed by atoms with Crippen molar-refractivity contribution >= 4 is 0 Å². The van der Waals surface area contributed by atoms with E-state index < -0.39 is 12.2 Å². The van der Waals surface area contributed by atoms with E-state index in [4.69, 9.17) is 4.42 Å². The molecule has 0 spiro atoms. The Hall–Kier alpha value is -0.970. The molecule has 0 aliphatic heterocycles. The van der Waals surface area contributed by atoms with Gasteiger partial charge in [0.1, 0.15) is 17.6 Å². The maximum Gasteiger partial charge on any atom is 0.408 e. The minimum Gasteiger partial charge on any atom is -0.466 e. The van der Waals surface area contributed by atoms with E-state index in [9.17, 15) is 13.2 Å². The second-order valence-electron chi connectivity index (χ2n) is 3.40. The highest BCUT2D eigenvalue weighted by molar-refractivity contribution is 5.25. The first-order chi connectivity index (χ1) is 6.86. The van der Waals surface area contributed by atoms with Crippen molar-refractivity contribution in [3.8, 4) is 0 Å². The molecule has 1 rings (SSSR count). The topological polar surface area (TPSA) is 25.2 Å². The van der Waals surface area contributed by atoms with E-state index in [1.165, 1.54) is 6.07 Å². The predicted octanol–water partition coefficient (Wildman–Crippen LogP) is 3.11. The summed E-state index contributed by atoms with van der Waals surface area (Å²) >= 11 is 0. The van der Waals surface area contributed by atoms with Crippen LogP contribution in [0.15, 0.2) is 10.5 Å². The van der Waals surface area contributed by atoms with E-state index in [1.807, 2.05) is 0 Å². The Morgan fingerprint density at radius 1 is 1.40 bits per heavy atom. The molecule has 2 nitrogen and oxygen atoms in total. The number of hydrogen-bond acceptors (Lipinski definition) is 2. The fraction of sp³-hybridized carbons (Fsp3) is 0.600. The number of alkyl halides is 3. The molecule has 1 heterocycles. The van der Waals surface area contributed by atoms with Crippen molar-refractivity contribution in [2.75, 3.05) is 6.54 Å². The molecule has 0 aliphatic rings. The maximum absolute atomic E-state index is 12.7. The first kappa shape index (κ1) is 12.1. The molecule has 0 fully saturated rings. The van der Waals surface area contributed by atoms with Crippen molar-refractivity contribution in [3.63, 3.8) is 0 Å². The summed E-state index contributed by atoms with van der Waals surface area (Å²) in [4.78, 5) is 0. The minimum atomic E-state index is -4.29. The van der Waals surface area contributed by atoms with Gasteiger partial charge in [-0.15, -0.1) is 0 Å². The molecule has 15 heavy (non-hydrogen) atoms. The minimum absolute atomic E-state index is 0.168. The molecular weight excluding hydrogens is 207 g/mol. The molecule has 0 aliphatic carbocycles. The number of aryl methyl sites for hydroxylation is 2. The van der Waals surface area contributed by atoms with Crippen molar-refractivity contribution in [1.82, 2.24) is 5.32 Å². The standard InChI is InChI=1S/C10H14F3NO/c1-4-14-9(10(11,12)13)8-5-6(2)15-7(8)3/h5,9,14H,4H2,1-3H3. The first-order valence-electron chi connectivity index (χ1n) is 4.73. The van der Waals surface area contributed by atoms with Crippen LogP contribution >= 0.6 is 0 Å². The van der Waals surface area contributed by atoms with E-state index >= 15 is 0 Å². The number of furan rings is 1. The summed E-state index contributed by atoms with van der Waals surface area (Å²) in [5, 5.41) is 2.41. The van der Waals surface area contributed by atoms with Gasteiger partial charge in [0.25, 0.3) is 0 Å². The van der Waals surface area contributed by atoms with Crippen LogP contribution in [0.25, 0.3) is 0 Å². The molecule has 1 unspecified atom stereocenters. The quantitative estimate of drug-likeness (QED) is 0.848. The Kier molecular flexibility index (Phi) is 3.44. The monoisotopic (exact) mass is 221 g/mol. The first-order valence-corrected chi connectivity index (χ1v) is 4.73. The van der Waals surface area contributed by atoms with Gasteiger partial charge in [0, 0.05) is 5.56 Å². The lowest BCUT2D eigenvalue weighted by atomic mass is 10.1. The van der Waals surface area contributed by atoms with E-state index in [0.29, 0.717) is 11.5 Å². The average Bonchev–Trinajstić information content (AvgIpc) is 2.39. The molecule has 0 aromatic carbocycles. The largest absolute Gasteiger partial charge is 0.466 e. The third-order valence-electron chi connectivity index (χ3n) is 2.13. The second kappa shape index (κ2) is 4.26. The molecule has 1 aromatic rings. The lowest BCUT2D eigenvalue weighted by Crippen LogP contribution is -2.34. The lowest BCUT2D eigenvalue weighted by molar-refractivity contribution is -0.157. The number of rotatable bonds is 3. The lowest BCUT2D eigenvalue weighted by Gasteiger charge is -2.20. The van der Waals surface area contributed by atoms with Crippen molar-refractivity contribution < 1.29 is 17.6 Å². The van der Waals surface area contributed by atoms with Crippen molar-refractivity contribution in [2.45, 2.75) is 33.0 Å². The second-order valence-corrected chi connectivity index (χ2v) is 3.40. The normalized spacial score (nSPS) is 14.3. The molecule has 0 bridgehead atoms. The molecule has 5 heteroatoms. The molecule has 0 saturated carbocycles. The molecule has 86 valence electrons. The van der Waals surface area contributed by atoms with Crippen molar-refractivity contribution in [2.24, 2.45) is 0 Å². The molecule has 1 atom stereocenters. The number of hydrogen-bond donors (Lipinski definition) is 1. The Bertz CT molecular complexity index is 330. The summed E-state index contributed by atoms with van der Waals surface area (Å²) < 4.78 is 43.1. The number of nitrogens with one attached hydrogen (secondary N) is 1. The van der Waals surface area contributed by atoms with Crippen LogP contribution in [-0.2, 0) is 0 Å².